The number of benzene rings is 2. The summed E-state index contributed by atoms with van der Waals surface area (Å²) in [6, 6.07) is 13.0. The Hall–Kier alpha value is -1.94. The molecule has 0 aliphatic heterocycles. The molecule has 1 aromatic heterocycles. The first-order valence-electron chi connectivity index (χ1n) is 8.61. The third kappa shape index (κ3) is 4.80. The Kier molecular flexibility index (Phi) is 7.45. The van der Waals surface area contributed by atoms with E-state index in [0.29, 0.717) is 4.90 Å². The number of hydrogen-bond acceptors (Lipinski definition) is 5. The monoisotopic (exact) mass is 497 g/mol. The van der Waals surface area contributed by atoms with Crippen LogP contribution in [0, 0.1) is 6.92 Å². The Balaban J connectivity index is 0.00000300. The van der Waals surface area contributed by atoms with Gasteiger partial charge in [0.15, 0.2) is 4.80 Å². The van der Waals surface area contributed by atoms with Crippen LogP contribution in [0.25, 0.3) is 11.3 Å². The summed E-state index contributed by atoms with van der Waals surface area (Å²) in [5, 5.41) is 1.99. The molecule has 2 aromatic carbocycles. The van der Waals surface area contributed by atoms with Crippen molar-refractivity contribution < 1.29 is 13.2 Å². The maximum Gasteiger partial charge on any atom is 0.242 e. The van der Waals surface area contributed by atoms with Crippen molar-refractivity contribution in [1.82, 2.24) is 8.87 Å². The molecule has 9 heteroatoms. The normalized spacial score (nSPS) is 12.1. The molecule has 0 atom stereocenters. The van der Waals surface area contributed by atoms with Crippen molar-refractivity contribution in [3.05, 3.63) is 58.2 Å². The van der Waals surface area contributed by atoms with Gasteiger partial charge in [0, 0.05) is 32.1 Å². The molecule has 0 amide bonds. The minimum atomic E-state index is -3.51. The highest BCUT2D eigenvalue weighted by Gasteiger charge is 2.20. The second kappa shape index (κ2) is 9.25. The molecule has 3 rings (SSSR count). The lowest BCUT2D eigenvalue weighted by atomic mass is 10.1. The van der Waals surface area contributed by atoms with E-state index in [9.17, 15) is 8.42 Å². The van der Waals surface area contributed by atoms with E-state index in [1.807, 2.05) is 53.4 Å². The summed E-state index contributed by atoms with van der Waals surface area (Å²) in [4.78, 5) is 5.81. The molecule has 0 fully saturated rings. The van der Waals surface area contributed by atoms with Gasteiger partial charge in [-0.2, -0.15) is 0 Å². The quantitative estimate of drug-likeness (QED) is 0.532. The van der Waals surface area contributed by atoms with E-state index in [1.165, 1.54) is 29.7 Å². The highest BCUT2D eigenvalue weighted by Crippen LogP contribution is 2.27. The summed E-state index contributed by atoms with van der Waals surface area (Å²) in [6.45, 7) is 1.80. The van der Waals surface area contributed by atoms with Crippen molar-refractivity contribution >= 4 is 44.0 Å². The highest BCUT2D eigenvalue weighted by atomic mass is 79.9. The van der Waals surface area contributed by atoms with Gasteiger partial charge in [0.1, 0.15) is 5.75 Å². The van der Waals surface area contributed by atoms with Gasteiger partial charge in [0.25, 0.3) is 0 Å². The zero-order valence-electron chi connectivity index (χ0n) is 16.9. The third-order valence-corrected chi connectivity index (χ3v) is 7.34. The maximum absolute atomic E-state index is 12.6. The van der Waals surface area contributed by atoms with Crippen LogP contribution in [-0.4, -0.2) is 38.5 Å². The van der Waals surface area contributed by atoms with Crippen molar-refractivity contribution in [2.45, 2.75) is 11.8 Å². The Labute approximate surface area is 185 Å². The van der Waals surface area contributed by atoms with Gasteiger partial charge in [0.2, 0.25) is 10.0 Å². The van der Waals surface area contributed by atoms with E-state index < -0.39 is 10.0 Å². The molecular formula is C20H24BrN3O3S2. The molecule has 0 radical (unpaired) electrons. The molecule has 0 aliphatic carbocycles. The van der Waals surface area contributed by atoms with Crippen LogP contribution in [0.5, 0.6) is 5.75 Å². The van der Waals surface area contributed by atoms with Gasteiger partial charge in [-0.05, 0) is 42.8 Å². The fourth-order valence-corrected chi connectivity index (χ4v) is 4.80. The Morgan fingerprint density at radius 3 is 2.34 bits per heavy atom. The number of methoxy groups -OCH3 is 1. The van der Waals surface area contributed by atoms with Gasteiger partial charge in [0.05, 0.1) is 23.4 Å². The van der Waals surface area contributed by atoms with Crippen molar-refractivity contribution in [3.8, 4) is 17.0 Å². The molecular weight excluding hydrogens is 474 g/mol. The Morgan fingerprint density at radius 1 is 1.10 bits per heavy atom. The first-order valence-corrected chi connectivity index (χ1v) is 10.9. The smallest absolute Gasteiger partial charge is 0.242 e. The van der Waals surface area contributed by atoms with Crippen LogP contribution in [0.1, 0.15) is 5.56 Å². The van der Waals surface area contributed by atoms with Crippen LogP contribution >= 0.6 is 28.3 Å². The number of sulfonamides is 1. The molecule has 0 aliphatic rings. The average Bonchev–Trinajstić information content (AvgIpc) is 3.03. The summed E-state index contributed by atoms with van der Waals surface area (Å²) in [7, 11) is 3.13. The summed E-state index contributed by atoms with van der Waals surface area (Å²) in [5.41, 5.74) is 3.29. The van der Waals surface area contributed by atoms with Gasteiger partial charge >= 0.3 is 0 Å². The standard InChI is InChI=1S/C20H23N3O3S2.BrH/c1-14-6-7-15(12-19(14)28(24,25)22(2)3)18-13-27-20(23(18)4)21-16-8-10-17(26-5)11-9-16;/h6-13H,1-5H3;1H. The number of aryl methyl sites for hydroxylation is 1. The van der Waals surface area contributed by atoms with E-state index in [4.69, 9.17) is 4.74 Å². The van der Waals surface area contributed by atoms with Crippen LogP contribution < -0.4 is 9.54 Å². The van der Waals surface area contributed by atoms with E-state index in [0.717, 1.165) is 33.1 Å². The fraction of sp³-hybridized carbons (Fsp3) is 0.250. The van der Waals surface area contributed by atoms with Crippen LogP contribution in [0.2, 0.25) is 0 Å². The number of rotatable bonds is 5. The molecule has 6 nitrogen and oxygen atoms in total. The number of aromatic nitrogens is 1. The SMILES string of the molecule is Br.COc1ccc(N=c2scc(-c3ccc(C)c(S(=O)(=O)N(C)C)c3)n2C)cc1. The fourth-order valence-electron chi connectivity index (χ4n) is 2.73. The molecule has 0 bridgehead atoms. The molecule has 0 saturated heterocycles. The first-order chi connectivity index (χ1) is 13.2. The highest BCUT2D eigenvalue weighted by molar-refractivity contribution is 8.93. The van der Waals surface area contributed by atoms with Crippen LogP contribution in [0.4, 0.5) is 5.69 Å². The van der Waals surface area contributed by atoms with Gasteiger partial charge in [-0.3, -0.25) is 0 Å². The van der Waals surface area contributed by atoms with Gasteiger partial charge in [-0.1, -0.05) is 12.1 Å². The summed E-state index contributed by atoms with van der Waals surface area (Å²) in [6.07, 6.45) is 0. The predicted octanol–water partition coefficient (Wildman–Crippen LogP) is 4.13. The van der Waals surface area contributed by atoms with Crippen molar-refractivity contribution in [2.75, 3.05) is 21.2 Å². The number of nitrogens with zero attached hydrogens (tertiary/aromatic N) is 3. The van der Waals surface area contributed by atoms with Crippen LogP contribution in [-0.2, 0) is 17.1 Å². The molecule has 1 heterocycles. The molecule has 0 saturated carbocycles. The maximum atomic E-state index is 12.6. The van der Waals surface area contributed by atoms with Crippen LogP contribution in [0.3, 0.4) is 0 Å². The van der Waals surface area contributed by atoms with Crippen LogP contribution in [0.15, 0.2) is 57.7 Å². The Bertz CT molecular complexity index is 1160. The van der Waals surface area contributed by atoms with E-state index in [1.54, 1.807) is 20.1 Å². The average molecular weight is 498 g/mol. The van der Waals surface area contributed by atoms with Gasteiger partial charge in [-0.15, -0.1) is 28.3 Å². The van der Waals surface area contributed by atoms with E-state index in [2.05, 4.69) is 4.99 Å². The topological polar surface area (TPSA) is 63.9 Å². The largest absolute Gasteiger partial charge is 0.497 e. The van der Waals surface area contributed by atoms with Crippen molar-refractivity contribution in [1.29, 1.82) is 0 Å². The third-order valence-electron chi connectivity index (χ3n) is 4.46. The molecule has 156 valence electrons. The lowest BCUT2D eigenvalue weighted by Crippen LogP contribution is -2.23. The lowest BCUT2D eigenvalue weighted by Gasteiger charge is -2.15. The van der Waals surface area contributed by atoms with Gasteiger partial charge in [-0.25, -0.2) is 17.7 Å². The zero-order valence-corrected chi connectivity index (χ0v) is 20.3. The predicted molar refractivity (Wildman–Crippen MR) is 123 cm³/mol. The van der Waals surface area contributed by atoms with E-state index >= 15 is 0 Å². The molecule has 29 heavy (non-hydrogen) atoms. The van der Waals surface area contributed by atoms with E-state index in [-0.39, 0.29) is 17.0 Å². The summed E-state index contributed by atoms with van der Waals surface area (Å²) >= 11 is 1.50. The Morgan fingerprint density at radius 2 is 1.76 bits per heavy atom. The lowest BCUT2D eigenvalue weighted by molar-refractivity contribution is 0.415. The van der Waals surface area contributed by atoms with Gasteiger partial charge < -0.3 is 9.30 Å². The second-order valence-corrected chi connectivity index (χ2v) is 9.50. The number of ether oxygens (including phenoxy) is 1. The minimum Gasteiger partial charge on any atom is -0.497 e. The number of hydrogen-bond donors (Lipinski definition) is 0. The van der Waals surface area contributed by atoms with Crippen molar-refractivity contribution in [3.63, 3.8) is 0 Å². The number of thiazole rings is 1. The zero-order chi connectivity index (χ0) is 20.5. The number of halogens is 1. The first kappa shape index (κ1) is 23.3. The molecule has 0 N–H and O–H groups in total. The molecule has 0 unspecified atom stereocenters. The summed E-state index contributed by atoms with van der Waals surface area (Å²) < 4.78 is 33.6. The molecule has 0 spiro atoms. The molecule has 3 aromatic rings. The second-order valence-electron chi connectivity index (χ2n) is 6.54. The summed E-state index contributed by atoms with van der Waals surface area (Å²) in [5.74, 6) is 0.782. The minimum absolute atomic E-state index is 0. The van der Waals surface area contributed by atoms with Crippen molar-refractivity contribution in [2.24, 2.45) is 12.0 Å².